The number of aromatic nitrogens is 1. The predicted molar refractivity (Wildman–Crippen MR) is 85.7 cm³/mol. The Kier molecular flexibility index (Phi) is 3.88. The van der Waals surface area contributed by atoms with Crippen molar-refractivity contribution in [2.45, 2.75) is 32.7 Å². The van der Waals surface area contributed by atoms with Gasteiger partial charge in [0.1, 0.15) is 11.8 Å². The summed E-state index contributed by atoms with van der Waals surface area (Å²) in [6, 6.07) is 7.31. The second-order valence-corrected chi connectivity index (χ2v) is 5.58. The standard InChI is InChI=1S/C17H20N2O3/c1-3-22-12-6-7-14-13(10-12)16(9-11(2)18-14)19-8-4-5-15(19)17(20)21/h6-7,9-10,15H,3-5,8H2,1-2H3,(H,20,21). The number of aliphatic carboxylic acids is 1. The highest BCUT2D eigenvalue weighted by molar-refractivity contribution is 5.95. The molecule has 0 radical (unpaired) electrons. The van der Waals surface area contributed by atoms with Gasteiger partial charge in [0.2, 0.25) is 0 Å². The maximum Gasteiger partial charge on any atom is 0.326 e. The Morgan fingerprint density at radius 3 is 3.00 bits per heavy atom. The zero-order valence-electron chi connectivity index (χ0n) is 12.9. The van der Waals surface area contributed by atoms with Gasteiger partial charge in [-0.15, -0.1) is 0 Å². The maximum absolute atomic E-state index is 11.5. The van der Waals surface area contributed by atoms with Crippen LogP contribution in [0.1, 0.15) is 25.5 Å². The van der Waals surface area contributed by atoms with Crippen molar-refractivity contribution in [2.24, 2.45) is 0 Å². The fourth-order valence-electron chi connectivity index (χ4n) is 3.12. The molecule has 0 aliphatic carbocycles. The highest BCUT2D eigenvalue weighted by Gasteiger charge is 2.31. The number of carboxylic acid groups (broad SMARTS) is 1. The molecule has 0 bridgehead atoms. The quantitative estimate of drug-likeness (QED) is 0.940. The van der Waals surface area contributed by atoms with E-state index in [9.17, 15) is 9.90 Å². The normalized spacial score (nSPS) is 17.9. The molecule has 22 heavy (non-hydrogen) atoms. The average Bonchev–Trinajstić information content (AvgIpc) is 2.96. The molecule has 5 nitrogen and oxygen atoms in total. The summed E-state index contributed by atoms with van der Waals surface area (Å²) in [5.74, 6) is 0.0223. The molecule has 1 aliphatic rings. The lowest BCUT2D eigenvalue weighted by molar-refractivity contribution is -0.138. The Morgan fingerprint density at radius 2 is 2.27 bits per heavy atom. The number of anilines is 1. The van der Waals surface area contributed by atoms with Gasteiger partial charge < -0.3 is 14.7 Å². The van der Waals surface area contributed by atoms with Gasteiger partial charge in [0.25, 0.3) is 0 Å². The summed E-state index contributed by atoms with van der Waals surface area (Å²) in [4.78, 5) is 18.0. The smallest absolute Gasteiger partial charge is 0.326 e. The minimum absolute atomic E-state index is 0.458. The van der Waals surface area contributed by atoms with Crippen molar-refractivity contribution >= 4 is 22.6 Å². The Hall–Kier alpha value is -2.30. The van der Waals surface area contributed by atoms with Crippen molar-refractivity contribution in [3.05, 3.63) is 30.0 Å². The molecule has 1 aliphatic heterocycles. The Bertz CT molecular complexity index is 714. The van der Waals surface area contributed by atoms with E-state index in [2.05, 4.69) is 4.98 Å². The topological polar surface area (TPSA) is 62.7 Å². The van der Waals surface area contributed by atoms with Gasteiger partial charge in [-0.3, -0.25) is 4.98 Å². The van der Waals surface area contributed by atoms with Crippen LogP contribution in [0.2, 0.25) is 0 Å². The SMILES string of the molecule is CCOc1ccc2nc(C)cc(N3CCCC3C(=O)O)c2c1. The van der Waals surface area contributed by atoms with Crippen molar-refractivity contribution < 1.29 is 14.6 Å². The first kappa shape index (κ1) is 14.6. The van der Waals surface area contributed by atoms with Crippen LogP contribution in [0.25, 0.3) is 10.9 Å². The van der Waals surface area contributed by atoms with E-state index in [1.807, 2.05) is 43.0 Å². The van der Waals surface area contributed by atoms with Crippen molar-refractivity contribution in [2.75, 3.05) is 18.1 Å². The molecule has 0 amide bonds. The molecule has 1 atom stereocenters. The van der Waals surface area contributed by atoms with E-state index in [1.54, 1.807) is 0 Å². The minimum atomic E-state index is -0.763. The first-order chi connectivity index (χ1) is 10.6. The van der Waals surface area contributed by atoms with Gasteiger partial charge in [0.05, 0.1) is 12.1 Å². The number of benzene rings is 1. The van der Waals surface area contributed by atoms with Gasteiger partial charge in [0.15, 0.2) is 0 Å². The summed E-state index contributed by atoms with van der Waals surface area (Å²) in [6.07, 6.45) is 1.58. The van der Waals surface area contributed by atoms with Gasteiger partial charge in [-0.2, -0.15) is 0 Å². The van der Waals surface area contributed by atoms with Crippen molar-refractivity contribution in [3.63, 3.8) is 0 Å². The summed E-state index contributed by atoms with van der Waals surface area (Å²) in [7, 11) is 0. The molecule has 2 heterocycles. The number of pyridine rings is 1. The highest BCUT2D eigenvalue weighted by atomic mass is 16.5. The molecular weight excluding hydrogens is 280 g/mol. The molecule has 5 heteroatoms. The molecule has 2 aromatic rings. The number of rotatable bonds is 4. The maximum atomic E-state index is 11.5. The molecule has 0 saturated carbocycles. The molecular formula is C17H20N2O3. The third-order valence-corrected chi connectivity index (χ3v) is 4.04. The molecule has 1 aromatic heterocycles. The van der Waals surface area contributed by atoms with E-state index in [0.717, 1.165) is 41.0 Å². The number of aryl methyl sites for hydroxylation is 1. The van der Waals surface area contributed by atoms with Gasteiger partial charge in [-0.1, -0.05) is 0 Å². The number of hydrogen-bond acceptors (Lipinski definition) is 4. The fraction of sp³-hybridized carbons (Fsp3) is 0.412. The van der Waals surface area contributed by atoms with Crippen LogP contribution in [0.4, 0.5) is 5.69 Å². The van der Waals surface area contributed by atoms with Gasteiger partial charge in [-0.25, -0.2) is 4.79 Å². The highest BCUT2D eigenvalue weighted by Crippen LogP contribution is 2.34. The van der Waals surface area contributed by atoms with Crippen molar-refractivity contribution in [1.82, 2.24) is 4.98 Å². The zero-order chi connectivity index (χ0) is 15.7. The fourth-order valence-corrected chi connectivity index (χ4v) is 3.12. The summed E-state index contributed by atoms with van der Waals surface area (Å²) in [6.45, 7) is 5.24. The van der Waals surface area contributed by atoms with Crippen molar-refractivity contribution in [3.8, 4) is 5.75 Å². The number of hydrogen-bond donors (Lipinski definition) is 1. The van der Waals surface area contributed by atoms with Gasteiger partial charge in [0, 0.05) is 23.3 Å². The van der Waals surface area contributed by atoms with Crippen LogP contribution in [0.15, 0.2) is 24.3 Å². The van der Waals surface area contributed by atoms with E-state index in [-0.39, 0.29) is 0 Å². The van der Waals surface area contributed by atoms with Gasteiger partial charge >= 0.3 is 5.97 Å². The Labute approximate surface area is 129 Å². The second kappa shape index (κ2) is 5.83. The molecule has 1 aromatic carbocycles. The monoisotopic (exact) mass is 300 g/mol. The summed E-state index contributed by atoms with van der Waals surface area (Å²) in [5.41, 5.74) is 2.70. The number of fused-ring (bicyclic) bond motifs is 1. The van der Waals surface area contributed by atoms with Crippen LogP contribution in [-0.4, -0.2) is 35.3 Å². The third kappa shape index (κ3) is 2.58. The third-order valence-electron chi connectivity index (χ3n) is 4.04. The van der Waals surface area contributed by atoms with Crippen LogP contribution < -0.4 is 9.64 Å². The van der Waals surface area contributed by atoms with Crippen LogP contribution in [-0.2, 0) is 4.79 Å². The number of ether oxygens (including phenoxy) is 1. The second-order valence-electron chi connectivity index (χ2n) is 5.58. The molecule has 3 rings (SSSR count). The molecule has 0 spiro atoms. The first-order valence-corrected chi connectivity index (χ1v) is 7.64. The number of carboxylic acids is 1. The summed E-state index contributed by atoms with van der Waals surface area (Å²) in [5, 5.41) is 10.4. The average molecular weight is 300 g/mol. The summed E-state index contributed by atoms with van der Waals surface area (Å²) < 4.78 is 5.57. The number of carbonyl (C=O) groups is 1. The van der Waals surface area contributed by atoms with Crippen molar-refractivity contribution in [1.29, 1.82) is 0 Å². The van der Waals surface area contributed by atoms with Gasteiger partial charge in [-0.05, 0) is 51.0 Å². The van der Waals surface area contributed by atoms with Crippen LogP contribution in [0.5, 0.6) is 5.75 Å². The van der Waals surface area contributed by atoms with Crippen LogP contribution in [0, 0.1) is 6.92 Å². The summed E-state index contributed by atoms with van der Waals surface area (Å²) >= 11 is 0. The largest absolute Gasteiger partial charge is 0.494 e. The molecule has 1 unspecified atom stereocenters. The first-order valence-electron chi connectivity index (χ1n) is 7.64. The lowest BCUT2D eigenvalue weighted by atomic mass is 10.1. The molecule has 1 fully saturated rings. The van der Waals surface area contributed by atoms with E-state index in [4.69, 9.17) is 4.74 Å². The lowest BCUT2D eigenvalue weighted by Gasteiger charge is -2.25. The minimum Gasteiger partial charge on any atom is -0.494 e. The zero-order valence-corrected chi connectivity index (χ0v) is 12.9. The van der Waals surface area contributed by atoms with E-state index in [1.165, 1.54) is 0 Å². The molecule has 1 N–H and O–H groups in total. The van der Waals surface area contributed by atoms with E-state index < -0.39 is 12.0 Å². The Balaban J connectivity index is 2.14. The van der Waals surface area contributed by atoms with E-state index >= 15 is 0 Å². The number of nitrogens with zero attached hydrogens (tertiary/aromatic N) is 2. The molecule has 116 valence electrons. The van der Waals surface area contributed by atoms with E-state index in [0.29, 0.717) is 13.0 Å². The predicted octanol–water partition coefficient (Wildman–Crippen LogP) is 3.00. The lowest BCUT2D eigenvalue weighted by Crippen LogP contribution is -2.36. The Morgan fingerprint density at radius 1 is 1.45 bits per heavy atom. The van der Waals surface area contributed by atoms with Crippen LogP contribution >= 0.6 is 0 Å². The molecule has 1 saturated heterocycles. The van der Waals surface area contributed by atoms with Crippen LogP contribution in [0.3, 0.4) is 0 Å².